The van der Waals surface area contributed by atoms with E-state index in [1.54, 1.807) is 0 Å². The highest BCUT2D eigenvalue weighted by Gasteiger charge is 2.29. The van der Waals surface area contributed by atoms with Crippen LogP contribution in [-0.2, 0) is 5.41 Å². The fraction of sp³-hybridized carbons (Fsp3) is 0.291. The highest BCUT2D eigenvalue weighted by Crippen LogP contribution is 2.48. The van der Waals surface area contributed by atoms with Gasteiger partial charge in [0.15, 0.2) is 0 Å². The molecule has 9 aromatic rings. The Morgan fingerprint density at radius 2 is 1.14 bits per heavy atom. The maximum atomic E-state index is 7.31. The van der Waals surface area contributed by atoms with Gasteiger partial charge in [-0.1, -0.05) is 161 Å². The van der Waals surface area contributed by atoms with Crippen LogP contribution in [0.1, 0.15) is 128 Å². The Morgan fingerprint density at radius 1 is 0.534 bits per heavy atom. The van der Waals surface area contributed by atoms with Crippen LogP contribution in [0.5, 0.6) is 0 Å². The van der Waals surface area contributed by atoms with Crippen LogP contribution < -0.4 is 0 Å². The van der Waals surface area contributed by atoms with Crippen LogP contribution in [0, 0.1) is 0 Å². The van der Waals surface area contributed by atoms with Crippen LogP contribution in [0.25, 0.3) is 82.7 Å². The summed E-state index contributed by atoms with van der Waals surface area (Å²) in [4.78, 5) is 5.54. The number of imidazole rings is 1. The third kappa shape index (κ3) is 6.05. The first-order valence-corrected chi connectivity index (χ1v) is 21.3. The largest absolute Gasteiger partial charge is 0.455 e. The molecule has 0 saturated heterocycles. The van der Waals surface area contributed by atoms with Gasteiger partial charge in [-0.05, 0) is 120 Å². The lowest BCUT2D eigenvalue weighted by Crippen LogP contribution is -2.16. The summed E-state index contributed by atoms with van der Waals surface area (Å²) in [6, 6.07) is 42.9. The normalized spacial score (nSPS) is 12.7. The maximum Gasteiger partial charge on any atom is 0.149 e. The molecule has 2 aromatic heterocycles. The van der Waals surface area contributed by atoms with E-state index in [1.807, 2.05) is 0 Å². The van der Waals surface area contributed by atoms with Gasteiger partial charge in [0.1, 0.15) is 17.0 Å². The van der Waals surface area contributed by atoms with Crippen LogP contribution >= 0.6 is 0 Å². The Balaban J connectivity index is 1.45. The van der Waals surface area contributed by atoms with Crippen molar-refractivity contribution in [3.8, 4) is 28.2 Å². The van der Waals surface area contributed by atoms with E-state index >= 15 is 0 Å². The van der Waals surface area contributed by atoms with E-state index in [0.717, 1.165) is 44.4 Å². The van der Waals surface area contributed by atoms with E-state index in [9.17, 15) is 0 Å². The molecule has 3 heteroatoms. The molecule has 292 valence electrons. The minimum Gasteiger partial charge on any atom is -0.455 e. The molecule has 0 bridgehead atoms. The second-order valence-corrected chi connectivity index (χ2v) is 18.8. The Kier molecular flexibility index (Phi) is 9.15. The lowest BCUT2D eigenvalue weighted by atomic mass is 9.81. The van der Waals surface area contributed by atoms with Gasteiger partial charge in [0.25, 0.3) is 0 Å². The van der Waals surface area contributed by atoms with Gasteiger partial charge in [-0.2, -0.15) is 0 Å². The van der Waals surface area contributed by atoms with Crippen LogP contribution in [0.2, 0.25) is 0 Å². The number of para-hydroxylation sites is 2. The first kappa shape index (κ1) is 37.9. The van der Waals surface area contributed by atoms with Gasteiger partial charge in [0.2, 0.25) is 0 Å². The lowest BCUT2D eigenvalue weighted by Gasteiger charge is -2.28. The van der Waals surface area contributed by atoms with E-state index in [1.165, 1.54) is 66.2 Å². The summed E-state index contributed by atoms with van der Waals surface area (Å²) in [6.45, 7) is 25.5. The van der Waals surface area contributed by atoms with Gasteiger partial charge in [0.05, 0.1) is 22.3 Å². The predicted octanol–water partition coefficient (Wildman–Crippen LogP) is 16.4. The standard InChI is InChI=1S/C55H56N2O/c1-31(2)38-19-16-20-39(32(3)4)50(38)41-25-26-42(53-51(41)46-27-36-24-23-35-17-12-13-18-40(35)45(36)30-49(46)58-53)54-56-47-21-14-15-22-48(47)57(54)52-43(33(5)6)28-37(55(9,10)11)29-44(52)34(7)8/h12-34H,1-11H3. The number of nitrogens with zero attached hydrogens (tertiary/aromatic N) is 2. The van der Waals surface area contributed by atoms with E-state index in [4.69, 9.17) is 9.40 Å². The van der Waals surface area contributed by atoms with Crippen molar-refractivity contribution in [2.45, 2.75) is 105 Å². The summed E-state index contributed by atoms with van der Waals surface area (Å²) in [5.41, 5.74) is 15.4. The van der Waals surface area contributed by atoms with E-state index < -0.39 is 0 Å². The molecule has 0 N–H and O–H groups in total. The molecular weight excluding hydrogens is 705 g/mol. The Morgan fingerprint density at radius 3 is 1.79 bits per heavy atom. The van der Waals surface area contributed by atoms with Crippen molar-refractivity contribution in [2.75, 3.05) is 0 Å². The molecule has 0 fully saturated rings. The molecule has 2 heterocycles. The number of aromatic nitrogens is 2. The van der Waals surface area contributed by atoms with Gasteiger partial charge >= 0.3 is 0 Å². The highest BCUT2D eigenvalue weighted by molar-refractivity contribution is 6.21. The van der Waals surface area contributed by atoms with E-state index in [-0.39, 0.29) is 5.41 Å². The number of rotatable bonds is 7. The molecule has 3 nitrogen and oxygen atoms in total. The molecule has 7 aromatic carbocycles. The molecule has 0 aliphatic carbocycles. The zero-order valence-corrected chi connectivity index (χ0v) is 36.1. The van der Waals surface area contributed by atoms with Crippen LogP contribution in [-0.4, -0.2) is 9.55 Å². The van der Waals surface area contributed by atoms with Gasteiger partial charge in [-0.25, -0.2) is 4.98 Å². The van der Waals surface area contributed by atoms with Crippen molar-refractivity contribution < 1.29 is 4.42 Å². The first-order chi connectivity index (χ1) is 27.7. The second-order valence-electron chi connectivity index (χ2n) is 18.8. The second kappa shape index (κ2) is 14.0. The molecule has 0 aliphatic rings. The first-order valence-electron chi connectivity index (χ1n) is 21.3. The average Bonchev–Trinajstić information content (AvgIpc) is 3.77. The van der Waals surface area contributed by atoms with Crippen molar-refractivity contribution in [3.63, 3.8) is 0 Å². The summed E-state index contributed by atoms with van der Waals surface area (Å²) < 4.78 is 9.77. The Bertz CT molecular complexity index is 2990. The van der Waals surface area contributed by atoms with Crippen molar-refractivity contribution >= 4 is 54.5 Å². The van der Waals surface area contributed by atoms with Crippen molar-refractivity contribution in [2.24, 2.45) is 0 Å². The maximum absolute atomic E-state index is 7.31. The molecule has 0 spiro atoms. The minimum atomic E-state index is 0.0118. The minimum absolute atomic E-state index is 0.0118. The number of hydrogen-bond acceptors (Lipinski definition) is 2. The van der Waals surface area contributed by atoms with Crippen molar-refractivity contribution in [1.29, 1.82) is 0 Å². The van der Waals surface area contributed by atoms with Crippen LogP contribution in [0.3, 0.4) is 0 Å². The monoisotopic (exact) mass is 760 g/mol. The van der Waals surface area contributed by atoms with E-state index in [2.05, 4.69) is 196 Å². The van der Waals surface area contributed by atoms with Crippen molar-refractivity contribution in [1.82, 2.24) is 9.55 Å². The summed E-state index contributed by atoms with van der Waals surface area (Å²) in [5.74, 6) is 2.18. The molecule has 0 amide bonds. The Hall–Kier alpha value is -5.67. The van der Waals surface area contributed by atoms with Crippen LogP contribution in [0.4, 0.5) is 0 Å². The Labute approximate surface area is 343 Å². The smallest absolute Gasteiger partial charge is 0.149 e. The zero-order valence-electron chi connectivity index (χ0n) is 36.1. The molecule has 58 heavy (non-hydrogen) atoms. The molecule has 0 atom stereocenters. The predicted molar refractivity (Wildman–Crippen MR) is 249 cm³/mol. The zero-order chi connectivity index (χ0) is 40.8. The third-order valence-electron chi connectivity index (χ3n) is 12.4. The molecule has 0 aliphatic heterocycles. The van der Waals surface area contributed by atoms with Crippen molar-refractivity contribution in [3.05, 3.63) is 143 Å². The van der Waals surface area contributed by atoms with Gasteiger partial charge < -0.3 is 4.42 Å². The molecule has 0 saturated carbocycles. The molecule has 0 unspecified atom stereocenters. The summed E-state index contributed by atoms with van der Waals surface area (Å²) >= 11 is 0. The molecule has 0 radical (unpaired) electrons. The summed E-state index contributed by atoms with van der Waals surface area (Å²) in [7, 11) is 0. The van der Waals surface area contributed by atoms with Crippen LogP contribution in [0.15, 0.2) is 120 Å². The summed E-state index contributed by atoms with van der Waals surface area (Å²) in [6.07, 6.45) is 0. The number of fused-ring (bicyclic) bond motifs is 7. The topological polar surface area (TPSA) is 31.0 Å². The van der Waals surface area contributed by atoms with Gasteiger partial charge in [0, 0.05) is 10.8 Å². The lowest BCUT2D eigenvalue weighted by molar-refractivity contribution is 0.586. The summed E-state index contributed by atoms with van der Waals surface area (Å²) in [5, 5.41) is 7.15. The quantitative estimate of drug-likeness (QED) is 0.152. The van der Waals surface area contributed by atoms with E-state index in [0.29, 0.717) is 23.7 Å². The third-order valence-corrected chi connectivity index (χ3v) is 12.4. The molecule has 9 rings (SSSR count). The fourth-order valence-corrected chi connectivity index (χ4v) is 9.31. The highest BCUT2D eigenvalue weighted by atomic mass is 16.3. The van der Waals surface area contributed by atoms with Gasteiger partial charge in [-0.15, -0.1) is 0 Å². The molecular formula is C55H56N2O. The number of furan rings is 1. The SMILES string of the molecule is CC(C)c1cccc(C(C)C)c1-c1ccc(-c2nc3ccccc3n2-c2c(C(C)C)cc(C(C)(C)C)cc2C(C)C)c2oc3cc4c(ccc5ccccc54)cc3c12. The van der Waals surface area contributed by atoms with Gasteiger partial charge in [-0.3, -0.25) is 4.57 Å². The number of benzene rings is 7. The average molecular weight is 761 g/mol. The fourth-order valence-electron chi connectivity index (χ4n) is 9.31. The number of hydrogen-bond donors (Lipinski definition) is 0.